The second kappa shape index (κ2) is 9.18. The number of aromatic nitrogens is 3. The van der Waals surface area contributed by atoms with E-state index in [9.17, 15) is 4.79 Å². The van der Waals surface area contributed by atoms with Crippen LogP contribution in [0.2, 0.25) is 5.02 Å². The molecule has 0 atom stereocenters. The van der Waals surface area contributed by atoms with E-state index in [4.69, 9.17) is 21.6 Å². The predicted molar refractivity (Wildman–Crippen MR) is 131 cm³/mol. The summed E-state index contributed by atoms with van der Waals surface area (Å²) in [6.07, 6.45) is 1.65. The molecule has 160 valence electrons. The number of para-hydroxylation sites is 1. The van der Waals surface area contributed by atoms with Gasteiger partial charge in [-0.25, -0.2) is 9.97 Å². The van der Waals surface area contributed by atoms with Crippen LogP contribution in [0, 0.1) is 0 Å². The van der Waals surface area contributed by atoms with Crippen LogP contribution in [0.4, 0.5) is 5.82 Å². The van der Waals surface area contributed by atoms with E-state index in [1.54, 1.807) is 30.5 Å². The number of hydrogen-bond acceptors (Lipinski definition) is 5. The molecule has 3 aromatic carbocycles. The van der Waals surface area contributed by atoms with E-state index >= 15 is 0 Å². The Balaban J connectivity index is 1.57. The lowest BCUT2D eigenvalue weighted by Crippen LogP contribution is -2.08. The SMILES string of the molecule is O=C(c1ccccc1)c1cccnc1-c1nc(NCc2ccc(Cl)cc2)c2ccccc2n1. The van der Waals surface area contributed by atoms with Gasteiger partial charge in [0.15, 0.2) is 11.6 Å². The van der Waals surface area contributed by atoms with Crippen LogP contribution in [0.25, 0.3) is 22.4 Å². The molecule has 33 heavy (non-hydrogen) atoms. The third-order valence-corrected chi connectivity index (χ3v) is 5.53. The van der Waals surface area contributed by atoms with Crippen LogP contribution in [-0.2, 0) is 6.54 Å². The van der Waals surface area contributed by atoms with Crippen molar-refractivity contribution in [2.45, 2.75) is 6.54 Å². The van der Waals surface area contributed by atoms with Crippen molar-refractivity contribution in [2.75, 3.05) is 5.32 Å². The van der Waals surface area contributed by atoms with E-state index in [2.05, 4.69) is 10.3 Å². The molecule has 0 spiro atoms. The van der Waals surface area contributed by atoms with Crippen molar-refractivity contribution in [1.29, 1.82) is 0 Å². The zero-order chi connectivity index (χ0) is 22.6. The van der Waals surface area contributed by atoms with Gasteiger partial charge in [-0.3, -0.25) is 9.78 Å². The number of carbonyl (C=O) groups is 1. The van der Waals surface area contributed by atoms with E-state index in [0.717, 1.165) is 16.5 Å². The lowest BCUT2D eigenvalue weighted by atomic mass is 10.0. The minimum atomic E-state index is -0.119. The smallest absolute Gasteiger partial charge is 0.195 e. The van der Waals surface area contributed by atoms with Crippen molar-refractivity contribution in [2.24, 2.45) is 0 Å². The van der Waals surface area contributed by atoms with E-state index < -0.39 is 0 Å². The number of pyridine rings is 1. The Kier molecular flexibility index (Phi) is 5.79. The summed E-state index contributed by atoms with van der Waals surface area (Å²) in [4.78, 5) is 27.2. The molecule has 2 aromatic heterocycles. The summed E-state index contributed by atoms with van der Waals surface area (Å²) in [7, 11) is 0. The maximum Gasteiger partial charge on any atom is 0.195 e. The second-order valence-electron chi connectivity index (χ2n) is 7.49. The zero-order valence-corrected chi connectivity index (χ0v) is 18.3. The van der Waals surface area contributed by atoms with Crippen molar-refractivity contribution in [1.82, 2.24) is 15.0 Å². The molecule has 0 unspecified atom stereocenters. The number of benzene rings is 3. The zero-order valence-electron chi connectivity index (χ0n) is 17.6. The number of halogens is 1. The van der Waals surface area contributed by atoms with Gasteiger partial charge >= 0.3 is 0 Å². The molecule has 2 heterocycles. The molecule has 5 rings (SSSR count). The molecule has 1 N–H and O–H groups in total. The van der Waals surface area contributed by atoms with Gasteiger partial charge < -0.3 is 5.32 Å². The summed E-state index contributed by atoms with van der Waals surface area (Å²) in [5.74, 6) is 0.952. The summed E-state index contributed by atoms with van der Waals surface area (Å²) in [5.41, 5.74) is 3.34. The Morgan fingerprint density at radius 3 is 2.39 bits per heavy atom. The van der Waals surface area contributed by atoms with E-state index in [1.807, 2.05) is 66.7 Å². The quantitative estimate of drug-likeness (QED) is 0.312. The molecular formula is C27H19ClN4O. The van der Waals surface area contributed by atoms with Crippen LogP contribution >= 0.6 is 11.6 Å². The minimum absolute atomic E-state index is 0.119. The molecule has 5 nitrogen and oxygen atoms in total. The number of rotatable bonds is 6. The summed E-state index contributed by atoms with van der Waals surface area (Å²) in [6.45, 7) is 0.565. The van der Waals surface area contributed by atoms with Gasteiger partial charge in [0.05, 0.1) is 11.1 Å². The molecule has 6 heteroatoms. The monoisotopic (exact) mass is 450 g/mol. The second-order valence-corrected chi connectivity index (χ2v) is 7.92. The summed E-state index contributed by atoms with van der Waals surface area (Å²) >= 11 is 6.00. The maximum absolute atomic E-state index is 13.2. The van der Waals surface area contributed by atoms with Crippen LogP contribution in [0.1, 0.15) is 21.5 Å². The number of nitrogens with one attached hydrogen (secondary N) is 1. The van der Waals surface area contributed by atoms with Gasteiger partial charge in [0.2, 0.25) is 0 Å². The summed E-state index contributed by atoms with van der Waals surface area (Å²) in [5, 5.41) is 4.99. The third-order valence-electron chi connectivity index (χ3n) is 5.28. The molecular weight excluding hydrogens is 432 g/mol. The van der Waals surface area contributed by atoms with Gasteiger partial charge in [-0.1, -0.05) is 66.2 Å². The number of nitrogens with zero attached hydrogens (tertiary/aromatic N) is 3. The lowest BCUT2D eigenvalue weighted by molar-refractivity contribution is 0.103. The standard InChI is InChI=1S/C27H19ClN4O/c28-20-14-12-18(13-15-20)17-30-26-21-9-4-5-11-23(21)31-27(32-26)24-22(10-6-16-29-24)25(33)19-7-2-1-3-8-19/h1-16H,17H2,(H,30,31,32). The molecule has 0 saturated heterocycles. The topological polar surface area (TPSA) is 67.8 Å². The first kappa shape index (κ1) is 20.8. The Bertz CT molecular complexity index is 1440. The van der Waals surface area contributed by atoms with Gasteiger partial charge in [0, 0.05) is 28.7 Å². The van der Waals surface area contributed by atoms with Gasteiger partial charge in [0.25, 0.3) is 0 Å². The molecule has 0 fully saturated rings. The van der Waals surface area contributed by atoms with Gasteiger partial charge in [-0.2, -0.15) is 0 Å². The van der Waals surface area contributed by atoms with Crippen LogP contribution in [0.3, 0.4) is 0 Å². The largest absolute Gasteiger partial charge is 0.365 e. The van der Waals surface area contributed by atoms with Crippen LogP contribution < -0.4 is 5.32 Å². The Morgan fingerprint density at radius 2 is 1.58 bits per heavy atom. The first-order valence-electron chi connectivity index (χ1n) is 10.5. The normalized spacial score (nSPS) is 10.8. The molecule has 5 aromatic rings. The first-order valence-corrected chi connectivity index (χ1v) is 10.9. The summed E-state index contributed by atoms with van der Waals surface area (Å²) in [6, 6.07) is 28.1. The maximum atomic E-state index is 13.2. The Labute approximate surface area is 196 Å². The fourth-order valence-electron chi connectivity index (χ4n) is 3.62. The van der Waals surface area contributed by atoms with Gasteiger partial charge in [0.1, 0.15) is 11.5 Å². The Hall–Kier alpha value is -4.09. The number of hydrogen-bond donors (Lipinski definition) is 1. The van der Waals surface area contributed by atoms with E-state index in [0.29, 0.717) is 40.0 Å². The molecule has 0 amide bonds. The highest BCUT2D eigenvalue weighted by atomic mass is 35.5. The fourth-order valence-corrected chi connectivity index (χ4v) is 3.74. The number of fused-ring (bicyclic) bond motifs is 1. The lowest BCUT2D eigenvalue weighted by Gasteiger charge is -2.12. The van der Waals surface area contributed by atoms with Crippen LogP contribution in [0.15, 0.2) is 97.2 Å². The molecule has 0 aliphatic rings. The van der Waals surface area contributed by atoms with Gasteiger partial charge in [-0.15, -0.1) is 0 Å². The number of anilines is 1. The van der Waals surface area contributed by atoms with Crippen molar-refractivity contribution in [3.05, 3.63) is 119 Å². The molecule has 0 radical (unpaired) electrons. The number of ketones is 1. The molecule has 0 aliphatic carbocycles. The molecule has 0 bridgehead atoms. The first-order chi connectivity index (χ1) is 16.2. The van der Waals surface area contributed by atoms with Crippen LogP contribution in [-0.4, -0.2) is 20.7 Å². The van der Waals surface area contributed by atoms with E-state index in [1.165, 1.54) is 0 Å². The summed E-state index contributed by atoms with van der Waals surface area (Å²) < 4.78 is 0. The minimum Gasteiger partial charge on any atom is -0.365 e. The van der Waals surface area contributed by atoms with Crippen molar-refractivity contribution >= 4 is 34.1 Å². The predicted octanol–water partition coefficient (Wildman–Crippen LogP) is 6.19. The average molecular weight is 451 g/mol. The molecule has 0 aliphatic heterocycles. The third kappa shape index (κ3) is 4.45. The Morgan fingerprint density at radius 1 is 0.818 bits per heavy atom. The highest BCUT2D eigenvalue weighted by Crippen LogP contribution is 2.27. The highest BCUT2D eigenvalue weighted by Gasteiger charge is 2.19. The van der Waals surface area contributed by atoms with Crippen molar-refractivity contribution < 1.29 is 4.79 Å². The van der Waals surface area contributed by atoms with E-state index in [-0.39, 0.29) is 5.78 Å². The number of carbonyl (C=O) groups excluding carboxylic acids is 1. The average Bonchev–Trinajstić information content (AvgIpc) is 2.88. The van der Waals surface area contributed by atoms with Crippen molar-refractivity contribution in [3.8, 4) is 11.5 Å². The van der Waals surface area contributed by atoms with Gasteiger partial charge in [-0.05, 0) is 42.0 Å². The fraction of sp³-hybridized carbons (Fsp3) is 0.0370. The molecule has 0 saturated carbocycles. The highest BCUT2D eigenvalue weighted by molar-refractivity contribution is 6.30. The van der Waals surface area contributed by atoms with Crippen molar-refractivity contribution in [3.63, 3.8) is 0 Å². The van der Waals surface area contributed by atoms with Crippen LogP contribution in [0.5, 0.6) is 0 Å².